The van der Waals surface area contributed by atoms with Crippen LogP contribution < -0.4 is 29.9 Å². The second kappa shape index (κ2) is 21.7. The monoisotopic (exact) mass is 1250 g/mol. The minimum absolute atomic E-state index is 0.186. The number of pyridine rings is 2. The number of halogens is 4. The summed E-state index contributed by atoms with van der Waals surface area (Å²) in [7, 11) is -1.67. The third-order valence-electron chi connectivity index (χ3n) is 16.4. The standard InChI is InChI=1S/2C33H27F2N5O4S/c2*1-17-37-25-13-12-24(38-31(25)28-15-20-23(35)6-5-7-26(20)40(17)28)21-14-22-29(16-27(21)39(3)45(4,42)43)44-32(30(22)33(41)36-2)18-8-10-19(34)11-9-18/h2*5-17,37H,1-4H3,(H,36,41). The topological polar surface area (TPSA) is 219 Å². The van der Waals surface area contributed by atoms with Gasteiger partial charge in [0.1, 0.15) is 69.7 Å². The highest BCUT2D eigenvalue weighted by molar-refractivity contribution is 7.92. The fourth-order valence-corrected chi connectivity index (χ4v) is 12.9. The molecule has 6 aromatic heterocycles. The molecule has 2 atom stereocenters. The van der Waals surface area contributed by atoms with Gasteiger partial charge in [-0.2, -0.15) is 0 Å². The first-order valence-electron chi connectivity index (χ1n) is 28.1. The van der Waals surface area contributed by atoms with Crippen molar-refractivity contribution in [2.24, 2.45) is 0 Å². The zero-order valence-corrected chi connectivity index (χ0v) is 50.9. The molecule has 4 N–H and O–H groups in total. The summed E-state index contributed by atoms with van der Waals surface area (Å²) >= 11 is 0. The summed E-state index contributed by atoms with van der Waals surface area (Å²) in [6.07, 6.45) is 1.80. The number of benzene rings is 6. The summed E-state index contributed by atoms with van der Waals surface area (Å²) in [5, 5.41) is 13.9. The van der Waals surface area contributed by atoms with Crippen LogP contribution in [-0.4, -0.2) is 88.5 Å². The molecule has 0 aliphatic carbocycles. The Morgan fingerprint density at radius 1 is 0.522 bits per heavy atom. The van der Waals surface area contributed by atoms with Crippen LogP contribution in [0.5, 0.6) is 0 Å². The molecule has 0 saturated carbocycles. The lowest BCUT2D eigenvalue weighted by atomic mass is 10.00. The predicted molar refractivity (Wildman–Crippen MR) is 341 cm³/mol. The first-order valence-corrected chi connectivity index (χ1v) is 31.8. The highest BCUT2D eigenvalue weighted by Crippen LogP contribution is 2.47. The average molecular weight is 1260 g/mol. The van der Waals surface area contributed by atoms with Gasteiger partial charge in [-0.25, -0.2) is 44.4 Å². The van der Waals surface area contributed by atoms with Crippen molar-refractivity contribution in [2.75, 3.05) is 59.9 Å². The number of carbonyl (C=O) groups is 2. The summed E-state index contributed by atoms with van der Waals surface area (Å²) in [5.74, 6) is -2.05. The molecule has 2 aliphatic rings. The summed E-state index contributed by atoms with van der Waals surface area (Å²) in [6, 6.07) is 38.1. The number of carbonyl (C=O) groups excluding carboxylic acids is 2. The van der Waals surface area contributed by atoms with Crippen LogP contribution in [0.1, 0.15) is 46.9 Å². The normalized spacial score (nSPS) is 14.2. The van der Waals surface area contributed by atoms with Gasteiger partial charge in [0.05, 0.1) is 80.2 Å². The van der Waals surface area contributed by atoms with E-state index in [0.717, 1.165) is 32.5 Å². The third kappa shape index (κ3) is 9.78. The molecule has 0 fully saturated rings. The lowest BCUT2D eigenvalue weighted by Crippen LogP contribution is -2.25. The van der Waals surface area contributed by atoms with Gasteiger partial charge in [-0.05, 0) is 135 Å². The SMILES string of the molecule is CNC(=O)c1c(-c2ccc(F)cc2)oc2cc(N(C)S(C)(=O)=O)c(-c3ccc4c(n3)-c3cc5c(F)cccc5n3C(C)N4)cc12.CNC(=O)c1c(-c2ccc(F)cc2)oc2cc(N(C)S(C)(=O)=O)c(-c3ccc4c(n3)-c3cc5c(F)cccc5n3C(C)N4)cc12. The largest absolute Gasteiger partial charge is 0.455 e. The molecule has 2 aliphatic heterocycles. The van der Waals surface area contributed by atoms with E-state index in [4.69, 9.17) is 18.8 Å². The van der Waals surface area contributed by atoms with E-state index >= 15 is 0 Å². The molecular formula is C66H54F4N10O8S2. The van der Waals surface area contributed by atoms with Crippen LogP contribution in [0.3, 0.4) is 0 Å². The molecule has 90 heavy (non-hydrogen) atoms. The number of amides is 2. The summed E-state index contributed by atoms with van der Waals surface area (Å²) < 4.78 is 127. The van der Waals surface area contributed by atoms with Crippen LogP contribution in [0.2, 0.25) is 0 Å². The van der Waals surface area contributed by atoms with Gasteiger partial charge >= 0.3 is 0 Å². The minimum atomic E-state index is -3.75. The molecule has 0 saturated heterocycles. The van der Waals surface area contributed by atoms with Crippen LogP contribution in [-0.2, 0) is 20.0 Å². The van der Waals surface area contributed by atoms with Gasteiger partial charge in [-0.3, -0.25) is 18.2 Å². The van der Waals surface area contributed by atoms with Crippen molar-refractivity contribution in [3.63, 3.8) is 0 Å². The van der Waals surface area contributed by atoms with Crippen LogP contribution in [0.4, 0.5) is 40.3 Å². The Kier molecular flexibility index (Phi) is 14.1. The maximum absolute atomic E-state index is 14.8. The summed E-state index contributed by atoms with van der Waals surface area (Å²) in [5.41, 5.74) is 9.47. The number of sulfonamides is 2. The van der Waals surface area contributed by atoms with E-state index in [1.807, 2.05) is 47.2 Å². The number of rotatable bonds is 10. The lowest BCUT2D eigenvalue weighted by Gasteiger charge is -2.28. The molecule has 18 nitrogen and oxygen atoms in total. The van der Waals surface area contributed by atoms with E-state index in [1.165, 1.54) is 88.9 Å². The molecule has 2 unspecified atom stereocenters. The Morgan fingerprint density at radius 2 is 0.900 bits per heavy atom. The quantitative estimate of drug-likeness (QED) is 0.0940. The van der Waals surface area contributed by atoms with Crippen molar-refractivity contribution in [2.45, 2.75) is 26.2 Å². The van der Waals surface area contributed by atoms with E-state index in [9.17, 15) is 44.0 Å². The Balaban J connectivity index is 0.000000165. The maximum Gasteiger partial charge on any atom is 0.255 e. The predicted octanol–water partition coefficient (Wildman–Crippen LogP) is 13.5. The zero-order valence-electron chi connectivity index (χ0n) is 49.3. The fraction of sp³-hybridized carbons (Fsp3) is 0.152. The van der Waals surface area contributed by atoms with Crippen molar-refractivity contribution in [3.05, 3.63) is 180 Å². The molecule has 2 amide bonds. The van der Waals surface area contributed by atoms with Crippen LogP contribution in [0.15, 0.2) is 154 Å². The van der Waals surface area contributed by atoms with Crippen LogP contribution >= 0.6 is 0 Å². The number of fused-ring (bicyclic) bond motifs is 12. The first-order chi connectivity index (χ1) is 42.9. The van der Waals surface area contributed by atoms with E-state index in [-0.39, 0.29) is 69.2 Å². The molecule has 14 rings (SSSR count). The number of hydrogen-bond donors (Lipinski definition) is 4. The smallest absolute Gasteiger partial charge is 0.255 e. The molecule has 0 bridgehead atoms. The van der Waals surface area contributed by atoms with Crippen LogP contribution in [0, 0.1) is 23.3 Å². The number of furan rings is 2. The van der Waals surface area contributed by atoms with Gasteiger partial charge in [-0.1, -0.05) is 12.1 Å². The van der Waals surface area contributed by atoms with Gasteiger partial charge in [0.2, 0.25) is 20.0 Å². The Labute approximate surface area is 512 Å². The fourth-order valence-electron chi connectivity index (χ4n) is 11.9. The van der Waals surface area contributed by atoms with Crippen molar-refractivity contribution in [3.8, 4) is 67.9 Å². The molecule has 8 heterocycles. The number of nitrogens with one attached hydrogen (secondary N) is 4. The van der Waals surface area contributed by atoms with Gasteiger partial charge in [0, 0.05) is 84.1 Å². The number of hydrogen-bond acceptors (Lipinski definition) is 12. The van der Waals surface area contributed by atoms with Gasteiger partial charge < -0.3 is 39.2 Å². The Morgan fingerprint density at radius 3 is 1.26 bits per heavy atom. The number of nitrogens with zero attached hydrogens (tertiary/aromatic N) is 6. The third-order valence-corrected chi connectivity index (χ3v) is 18.8. The molecule has 24 heteroatoms. The molecule has 6 aromatic carbocycles. The number of aromatic nitrogens is 4. The molecule has 12 aromatic rings. The van der Waals surface area contributed by atoms with Crippen molar-refractivity contribution >= 4 is 98.4 Å². The van der Waals surface area contributed by atoms with E-state index < -0.39 is 43.5 Å². The van der Waals surface area contributed by atoms with Crippen molar-refractivity contribution in [1.29, 1.82) is 0 Å². The molecule has 0 radical (unpaired) electrons. The van der Waals surface area contributed by atoms with E-state index in [1.54, 1.807) is 60.7 Å². The Bertz CT molecular complexity index is 4910. The van der Waals surface area contributed by atoms with Crippen molar-refractivity contribution < 1.29 is 52.8 Å². The highest BCUT2D eigenvalue weighted by atomic mass is 32.2. The van der Waals surface area contributed by atoms with Crippen LogP contribution in [0.25, 0.3) is 112 Å². The van der Waals surface area contributed by atoms with Gasteiger partial charge in [-0.15, -0.1) is 0 Å². The summed E-state index contributed by atoms with van der Waals surface area (Å²) in [6.45, 7) is 3.94. The number of anilines is 4. The Hall–Kier alpha value is -10.5. The highest BCUT2D eigenvalue weighted by Gasteiger charge is 2.32. The van der Waals surface area contributed by atoms with Gasteiger partial charge in [0.25, 0.3) is 11.8 Å². The molecule has 456 valence electrons. The van der Waals surface area contributed by atoms with Gasteiger partial charge in [0.15, 0.2) is 0 Å². The first kappa shape index (κ1) is 58.6. The zero-order chi connectivity index (χ0) is 63.6. The second-order valence-corrected chi connectivity index (χ2v) is 26.0. The van der Waals surface area contributed by atoms with E-state index in [2.05, 4.69) is 21.3 Å². The maximum atomic E-state index is 14.8. The minimum Gasteiger partial charge on any atom is -0.455 e. The summed E-state index contributed by atoms with van der Waals surface area (Å²) in [4.78, 5) is 36.4. The average Bonchev–Trinajstić information content (AvgIpc) is 1.57. The second-order valence-electron chi connectivity index (χ2n) is 21.9. The lowest BCUT2D eigenvalue weighted by molar-refractivity contribution is 0.0956. The van der Waals surface area contributed by atoms with E-state index in [0.29, 0.717) is 89.0 Å². The van der Waals surface area contributed by atoms with Crippen molar-refractivity contribution in [1.82, 2.24) is 29.7 Å². The molecular weight excluding hydrogens is 1200 g/mol. The molecule has 0 spiro atoms.